The minimum atomic E-state index is 0.581. The van der Waals surface area contributed by atoms with Gasteiger partial charge < -0.3 is 9.47 Å². The van der Waals surface area contributed by atoms with Crippen LogP contribution in [0.4, 0.5) is 0 Å². The molecule has 0 unspecified atom stereocenters. The van der Waals surface area contributed by atoms with Gasteiger partial charge in [-0.25, -0.2) is 9.97 Å². The molecule has 72 valence electrons. The Balaban J connectivity index is 2.67. The van der Waals surface area contributed by atoms with Crippen molar-refractivity contribution in [1.82, 2.24) is 9.97 Å². The predicted octanol–water partition coefficient (Wildman–Crippen LogP) is 1.65. The van der Waals surface area contributed by atoms with Crippen molar-refractivity contribution in [2.75, 3.05) is 14.2 Å². The average Bonchev–Trinajstić information content (AvgIpc) is 2.27. The number of benzene rings is 1. The van der Waals surface area contributed by atoms with Crippen molar-refractivity contribution >= 4 is 10.9 Å². The Morgan fingerprint density at radius 2 is 1.93 bits per heavy atom. The summed E-state index contributed by atoms with van der Waals surface area (Å²) in [6.07, 6.45) is 1.47. The van der Waals surface area contributed by atoms with Crippen LogP contribution in [0, 0.1) is 0 Å². The predicted molar refractivity (Wildman–Crippen MR) is 52.6 cm³/mol. The molecule has 1 heterocycles. The number of rotatable bonds is 2. The van der Waals surface area contributed by atoms with Gasteiger partial charge in [0.2, 0.25) is 5.88 Å². The molecule has 0 aliphatic carbocycles. The van der Waals surface area contributed by atoms with E-state index < -0.39 is 0 Å². The molecule has 0 aliphatic rings. The van der Waals surface area contributed by atoms with E-state index in [-0.39, 0.29) is 0 Å². The zero-order valence-electron chi connectivity index (χ0n) is 8.02. The van der Waals surface area contributed by atoms with Crippen LogP contribution in [-0.4, -0.2) is 24.2 Å². The van der Waals surface area contributed by atoms with Crippen LogP contribution in [0.5, 0.6) is 11.6 Å². The molecular formula is C10H10N2O2. The number of hydrogen-bond acceptors (Lipinski definition) is 4. The van der Waals surface area contributed by atoms with E-state index in [4.69, 9.17) is 9.47 Å². The Hall–Kier alpha value is -1.84. The van der Waals surface area contributed by atoms with E-state index in [0.29, 0.717) is 5.88 Å². The van der Waals surface area contributed by atoms with Crippen molar-refractivity contribution in [1.29, 1.82) is 0 Å². The summed E-state index contributed by atoms with van der Waals surface area (Å²) in [5.41, 5.74) is 0.816. The average molecular weight is 190 g/mol. The zero-order valence-corrected chi connectivity index (χ0v) is 8.02. The van der Waals surface area contributed by atoms with Gasteiger partial charge in [-0.2, -0.15) is 0 Å². The molecule has 1 aromatic carbocycles. The maximum atomic E-state index is 5.11. The molecule has 0 bridgehead atoms. The first kappa shape index (κ1) is 8.74. The van der Waals surface area contributed by atoms with Crippen molar-refractivity contribution < 1.29 is 9.47 Å². The lowest BCUT2D eigenvalue weighted by molar-refractivity contribution is 0.402. The van der Waals surface area contributed by atoms with Crippen LogP contribution in [0.1, 0.15) is 0 Å². The van der Waals surface area contributed by atoms with Gasteiger partial charge in [0.1, 0.15) is 12.1 Å². The lowest BCUT2D eigenvalue weighted by Gasteiger charge is -2.04. The summed E-state index contributed by atoms with van der Waals surface area (Å²) < 4.78 is 10.2. The molecule has 0 atom stereocenters. The number of nitrogens with zero attached hydrogens (tertiary/aromatic N) is 2. The highest BCUT2D eigenvalue weighted by Gasteiger charge is 2.03. The second-order valence-corrected chi connectivity index (χ2v) is 2.77. The van der Waals surface area contributed by atoms with E-state index in [1.165, 1.54) is 6.33 Å². The summed E-state index contributed by atoms with van der Waals surface area (Å²) in [5, 5.41) is 0.885. The van der Waals surface area contributed by atoms with Crippen molar-refractivity contribution in [3.63, 3.8) is 0 Å². The first-order valence-corrected chi connectivity index (χ1v) is 4.18. The molecule has 0 aliphatic heterocycles. The van der Waals surface area contributed by atoms with Gasteiger partial charge in [0.25, 0.3) is 0 Å². The summed E-state index contributed by atoms with van der Waals surface area (Å²) in [6.45, 7) is 0. The van der Waals surface area contributed by atoms with Gasteiger partial charge >= 0.3 is 0 Å². The van der Waals surface area contributed by atoms with Crippen molar-refractivity contribution in [2.45, 2.75) is 0 Å². The summed E-state index contributed by atoms with van der Waals surface area (Å²) in [7, 11) is 3.21. The molecule has 0 saturated carbocycles. The van der Waals surface area contributed by atoms with Gasteiger partial charge in [-0.1, -0.05) is 0 Å². The van der Waals surface area contributed by atoms with Crippen LogP contribution in [0.3, 0.4) is 0 Å². The van der Waals surface area contributed by atoms with Gasteiger partial charge in [0, 0.05) is 6.07 Å². The number of ether oxygens (including phenoxy) is 2. The lowest BCUT2D eigenvalue weighted by atomic mass is 10.2. The summed E-state index contributed by atoms with van der Waals surface area (Å²) in [5.74, 6) is 1.36. The first-order chi connectivity index (χ1) is 6.85. The Kier molecular flexibility index (Phi) is 2.18. The molecule has 0 spiro atoms. The van der Waals surface area contributed by atoms with Gasteiger partial charge in [-0.3, -0.25) is 0 Å². The fourth-order valence-corrected chi connectivity index (χ4v) is 1.30. The topological polar surface area (TPSA) is 44.2 Å². The third-order valence-corrected chi connectivity index (χ3v) is 2.00. The fourth-order valence-electron chi connectivity index (χ4n) is 1.30. The quantitative estimate of drug-likeness (QED) is 0.722. The van der Waals surface area contributed by atoms with E-state index in [9.17, 15) is 0 Å². The highest BCUT2D eigenvalue weighted by molar-refractivity contribution is 5.84. The monoisotopic (exact) mass is 190 g/mol. The molecule has 4 heteroatoms. The van der Waals surface area contributed by atoms with Crippen molar-refractivity contribution in [3.8, 4) is 11.6 Å². The minimum Gasteiger partial charge on any atom is -0.497 e. The largest absolute Gasteiger partial charge is 0.497 e. The highest BCUT2D eigenvalue weighted by atomic mass is 16.5. The maximum absolute atomic E-state index is 5.11. The maximum Gasteiger partial charge on any atom is 0.224 e. The summed E-state index contributed by atoms with van der Waals surface area (Å²) in [4.78, 5) is 8.13. The van der Waals surface area contributed by atoms with Gasteiger partial charge in [0.05, 0.1) is 25.1 Å². The van der Waals surface area contributed by atoms with Crippen LogP contribution in [0.2, 0.25) is 0 Å². The molecule has 4 nitrogen and oxygen atoms in total. The van der Waals surface area contributed by atoms with Crippen LogP contribution in [0.25, 0.3) is 10.9 Å². The van der Waals surface area contributed by atoms with Crippen LogP contribution < -0.4 is 9.47 Å². The van der Waals surface area contributed by atoms with Crippen LogP contribution >= 0.6 is 0 Å². The van der Waals surface area contributed by atoms with Crippen LogP contribution in [-0.2, 0) is 0 Å². The molecule has 0 N–H and O–H groups in total. The van der Waals surface area contributed by atoms with E-state index in [1.807, 2.05) is 18.2 Å². The number of hydrogen-bond donors (Lipinski definition) is 0. The van der Waals surface area contributed by atoms with E-state index >= 15 is 0 Å². The van der Waals surface area contributed by atoms with Crippen LogP contribution in [0.15, 0.2) is 24.5 Å². The molecule has 0 saturated heterocycles. The Labute approximate surface area is 81.5 Å². The minimum absolute atomic E-state index is 0.581. The standard InChI is InChI=1S/C10H10N2O2/c1-13-7-3-4-8-9(5-7)11-6-12-10(8)14-2/h3-6H,1-2H3. The Morgan fingerprint density at radius 1 is 1.07 bits per heavy atom. The molecule has 14 heavy (non-hydrogen) atoms. The lowest BCUT2D eigenvalue weighted by Crippen LogP contribution is -1.91. The molecule has 1 aromatic heterocycles. The Bertz CT molecular complexity index is 457. The third kappa shape index (κ3) is 1.35. The number of methoxy groups -OCH3 is 2. The summed E-state index contributed by atoms with van der Waals surface area (Å²) in [6, 6.07) is 5.58. The highest BCUT2D eigenvalue weighted by Crippen LogP contribution is 2.24. The van der Waals surface area contributed by atoms with E-state index in [1.54, 1.807) is 14.2 Å². The van der Waals surface area contributed by atoms with Gasteiger partial charge in [-0.15, -0.1) is 0 Å². The Morgan fingerprint density at radius 3 is 2.64 bits per heavy atom. The number of aromatic nitrogens is 2. The van der Waals surface area contributed by atoms with Crippen molar-refractivity contribution in [3.05, 3.63) is 24.5 Å². The summed E-state index contributed by atoms with van der Waals surface area (Å²) >= 11 is 0. The molecule has 0 amide bonds. The molecule has 2 aromatic rings. The van der Waals surface area contributed by atoms with Gasteiger partial charge in [-0.05, 0) is 12.1 Å². The van der Waals surface area contributed by atoms with Gasteiger partial charge in [0.15, 0.2) is 0 Å². The molecule has 0 fully saturated rings. The third-order valence-electron chi connectivity index (χ3n) is 2.00. The smallest absolute Gasteiger partial charge is 0.224 e. The second-order valence-electron chi connectivity index (χ2n) is 2.77. The molecular weight excluding hydrogens is 180 g/mol. The zero-order chi connectivity index (χ0) is 9.97. The fraction of sp³-hybridized carbons (Fsp3) is 0.200. The molecule has 0 radical (unpaired) electrons. The van der Waals surface area contributed by atoms with E-state index in [0.717, 1.165) is 16.7 Å². The van der Waals surface area contributed by atoms with Crippen molar-refractivity contribution in [2.24, 2.45) is 0 Å². The SMILES string of the molecule is COc1ccc2c(OC)ncnc2c1. The molecule has 2 rings (SSSR count). The first-order valence-electron chi connectivity index (χ1n) is 4.18. The second kappa shape index (κ2) is 3.49. The number of fused-ring (bicyclic) bond motifs is 1. The van der Waals surface area contributed by atoms with E-state index in [2.05, 4.69) is 9.97 Å². The normalized spacial score (nSPS) is 10.1.